The van der Waals surface area contributed by atoms with Crippen molar-refractivity contribution in [2.45, 2.75) is 6.92 Å². The van der Waals surface area contributed by atoms with Crippen molar-refractivity contribution >= 4 is 29.4 Å². The first-order valence-corrected chi connectivity index (χ1v) is 6.22. The average molecular weight is 293 g/mol. The first kappa shape index (κ1) is 14.1. The molecule has 0 aliphatic heterocycles. The molecule has 20 heavy (non-hydrogen) atoms. The van der Waals surface area contributed by atoms with Gasteiger partial charge in [0, 0.05) is 22.7 Å². The van der Waals surface area contributed by atoms with Gasteiger partial charge in [0.2, 0.25) is 5.91 Å². The lowest BCUT2D eigenvalue weighted by atomic mass is 10.2. The molecule has 104 valence electrons. The lowest BCUT2D eigenvalue weighted by molar-refractivity contribution is -0.111. The number of methoxy groups -OCH3 is 1. The van der Waals surface area contributed by atoms with Gasteiger partial charge in [-0.1, -0.05) is 16.8 Å². The van der Waals surface area contributed by atoms with Crippen molar-refractivity contribution in [1.29, 1.82) is 0 Å². The summed E-state index contributed by atoms with van der Waals surface area (Å²) in [5.74, 6) is 1.31. The number of amides is 1. The number of benzene rings is 1. The second-order valence-electron chi connectivity index (χ2n) is 4.03. The number of carbonyl (C=O) groups excluding carboxylic acids is 1. The van der Waals surface area contributed by atoms with E-state index in [2.05, 4.69) is 10.5 Å². The number of aromatic nitrogens is 1. The van der Waals surface area contributed by atoms with Gasteiger partial charge in [-0.05, 0) is 31.2 Å². The third-order valence-corrected chi connectivity index (χ3v) is 2.72. The maximum atomic E-state index is 11.7. The van der Waals surface area contributed by atoms with Crippen molar-refractivity contribution < 1.29 is 14.1 Å². The fourth-order valence-corrected chi connectivity index (χ4v) is 1.77. The fourth-order valence-electron chi connectivity index (χ4n) is 1.59. The summed E-state index contributed by atoms with van der Waals surface area (Å²) < 4.78 is 10.0. The Kier molecular flexibility index (Phi) is 4.42. The van der Waals surface area contributed by atoms with Crippen LogP contribution in [-0.2, 0) is 4.79 Å². The summed E-state index contributed by atoms with van der Waals surface area (Å²) in [7, 11) is 1.55. The Bertz CT molecular complexity index is 650. The van der Waals surface area contributed by atoms with E-state index in [9.17, 15) is 4.79 Å². The summed E-state index contributed by atoms with van der Waals surface area (Å²) in [6.45, 7) is 1.75. The number of carbonyl (C=O) groups is 1. The lowest BCUT2D eigenvalue weighted by Crippen LogP contribution is -2.07. The van der Waals surface area contributed by atoms with Crippen molar-refractivity contribution in [2.75, 3.05) is 12.4 Å². The molecule has 2 rings (SSSR count). The van der Waals surface area contributed by atoms with Gasteiger partial charge in [-0.2, -0.15) is 0 Å². The molecule has 1 N–H and O–H groups in total. The van der Waals surface area contributed by atoms with Crippen LogP contribution in [-0.4, -0.2) is 18.2 Å². The largest absolute Gasteiger partial charge is 0.496 e. The summed E-state index contributed by atoms with van der Waals surface area (Å²) in [6.07, 6.45) is 2.99. The summed E-state index contributed by atoms with van der Waals surface area (Å²) in [5, 5.41) is 6.82. The molecular weight excluding hydrogens is 280 g/mol. The van der Waals surface area contributed by atoms with Crippen molar-refractivity contribution in [1.82, 2.24) is 5.16 Å². The predicted octanol–water partition coefficient (Wildman–Crippen LogP) is 3.30. The quantitative estimate of drug-likeness (QED) is 0.878. The van der Waals surface area contributed by atoms with Crippen molar-refractivity contribution in [2.24, 2.45) is 0 Å². The molecule has 0 bridgehead atoms. The number of ether oxygens (including phenoxy) is 1. The molecule has 0 spiro atoms. The van der Waals surface area contributed by atoms with Crippen LogP contribution in [0.2, 0.25) is 5.02 Å². The smallest absolute Gasteiger partial charge is 0.249 e. The first-order chi connectivity index (χ1) is 9.58. The van der Waals surface area contributed by atoms with E-state index >= 15 is 0 Å². The van der Waals surface area contributed by atoms with E-state index in [0.29, 0.717) is 27.9 Å². The molecule has 0 aliphatic rings. The molecule has 0 fully saturated rings. The number of anilines is 1. The second kappa shape index (κ2) is 6.25. The van der Waals surface area contributed by atoms with E-state index in [1.54, 1.807) is 44.4 Å². The van der Waals surface area contributed by atoms with E-state index in [1.165, 1.54) is 6.08 Å². The minimum Gasteiger partial charge on any atom is -0.496 e. The zero-order chi connectivity index (χ0) is 14.5. The molecule has 1 aromatic carbocycles. The Hall–Kier alpha value is -2.27. The Morgan fingerprint density at radius 2 is 2.25 bits per heavy atom. The summed E-state index contributed by atoms with van der Waals surface area (Å²) in [4.78, 5) is 11.7. The minimum atomic E-state index is -0.319. The normalized spacial score (nSPS) is 10.8. The Labute approximate surface area is 121 Å². The SMILES string of the molecule is COc1ccc(Cl)cc1C=CC(=O)Nc1cc(C)on1. The highest BCUT2D eigenvalue weighted by Crippen LogP contribution is 2.23. The number of hydrogen-bond acceptors (Lipinski definition) is 4. The molecule has 0 saturated heterocycles. The van der Waals surface area contributed by atoms with E-state index in [0.717, 1.165) is 0 Å². The van der Waals surface area contributed by atoms with Gasteiger partial charge in [-0.3, -0.25) is 4.79 Å². The van der Waals surface area contributed by atoms with Gasteiger partial charge in [0.05, 0.1) is 7.11 Å². The molecule has 0 radical (unpaired) electrons. The topological polar surface area (TPSA) is 64.4 Å². The average Bonchev–Trinajstić information content (AvgIpc) is 2.82. The van der Waals surface area contributed by atoms with Crippen LogP contribution in [0.1, 0.15) is 11.3 Å². The molecule has 1 heterocycles. The zero-order valence-corrected chi connectivity index (χ0v) is 11.8. The number of nitrogens with zero attached hydrogens (tertiary/aromatic N) is 1. The highest BCUT2D eigenvalue weighted by Gasteiger charge is 2.04. The highest BCUT2D eigenvalue weighted by molar-refractivity contribution is 6.30. The van der Waals surface area contributed by atoms with Crippen molar-refractivity contribution in [3.05, 3.63) is 46.7 Å². The van der Waals surface area contributed by atoms with Crippen LogP contribution >= 0.6 is 11.6 Å². The van der Waals surface area contributed by atoms with Crippen LogP contribution in [0.5, 0.6) is 5.75 Å². The lowest BCUT2D eigenvalue weighted by Gasteiger charge is -2.04. The molecule has 0 saturated carbocycles. The molecular formula is C14H13ClN2O3. The Morgan fingerprint density at radius 1 is 1.45 bits per heavy atom. The Morgan fingerprint density at radius 3 is 2.90 bits per heavy atom. The highest BCUT2D eigenvalue weighted by atomic mass is 35.5. The van der Waals surface area contributed by atoms with Gasteiger partial charge in [-0.25, -0.2) is 0 Å². The zero-order valence-electron chi connectivity index (χ0n) is 11.0. The standard InChI is InChI=1S/C14H13ClN2O3/c1-9-7-13(17-20-9)16-14(18)6-3-10-8-11(15)4-5-12(10)19-2/h3-8H,1-2H3,(H,16,17,18). The Balaban J connectivity index is 2.09. The fraction of sp³-hybridized carbons (Fsp3) is 0.143. The maximum Gasteiger partial charge on any atom is 0.249 e. The predicted molar refractivity (Wildman–Crippen MR) is 76.9 cm³/mol. The van der Waals surface area contributed by atoms with Crippen LogP contribution < -0.4 is 10.1 Å². The maximum absolute atomic E-state index is 11.7. The van der Waals surface area contributed by atoms with E-state index < -0.39 is 0 Å². The number of aryl methyl sites for hydroxylation is 1. The number of hydrogen-bond donors (Lipinski definition) is 1. The van der Waals surface area contributed by atoms with Gasteiger partial charge in [0.1, 0.15) is 11.5 Å². The van der Waals surface area contributed by atoms with Crippen molar-refractivity contribution in [3.63, 3.8) is 0 Å². The third kappa shape index (κ3) is 3.61. The first-order valence-electron chi connectivity index (χ1n) is 5.84. The van der Waals surface area contributed by atoms with E-state index in [1.807, 2.05) is 0 Å². The molecule has 6 heteroatoms. The van der Waals surface area contributed by atoms with E-state index in [-0.39, 0.29) is 5.91 Å². The number of rotatable bonds is 4. The molecule has 0 atom stereocenters. The molecule has 1 aromatic heterocycles. The van der Waals surface area contributed by atoms with Gasteiger partial charge in [-0.15, -0.1) is 0 Å². The molecule has 0 aliphatic carbocycles. The second-order valence-corrected chi connectivity index (χ2v) is 4.47. The molecule has 2 aromatic rings. The van der Waals surface area contributed by atoms with Crippen LogP contribution in [0.3, 0.4) is 0 Å². The van der Waals surface area contributed by atoms with Crippen LogP contribution in [0, 0.1) is 6.92 Å². The van der Waals surface area contributed by atoms with Gasteiger partial charge in [0.15, 0.2) is 5.82 Å². The minimum absolute atomic E-state index is 0.319. The summed E-state index contributed by atoms with van der Waals surface area (Å²) >= 11 is 5.91. The molecule has 0 unspecified atom stereocenters. The van der Waals surface area contributed by atoms with Gasteiger partial charge >= 0.3 is 0 Å². The summed E-state index contributed by atoms with van der Waals surface area (Å²) in [6, 6.07) is 6.80. The summed E-state index contributed by atoms with van der Waals surface area (Å²) in [5.41, 5.74) is 0.714. The van der Waals surface area contributed by atoms with Gasteiger partial charge < -0.3 is 14.6 Å². The van der Waals surface area contributed by atoms with Gasteiger partial charge in [0.25, 0.3) is 0 Å². The van der Waals surface area contributed by atoms with Crippen LogP contribution in [0.4, 0.5) is 5.82 Å². The van der Waals surface area contributed by atoms with E-state index in [4.69, 9.17) is 20.9 Å². The number of halogens is 1. The van der Waals surface area contributed by atoms with Crippen LogP contribution in [0.15, 0.2) is 34.9 Å². The molecule has 5 nitrogen and oxygen atoms in total. The third-order valence-electron chi connectivity index (χ3n) is 2.49. The molecule has 1 amide bonds. The van der Waals surface area contributed by atoms with Crippen LogP contribution in [0.25, 0.3) is 6.08 Å². The number of nitrogens with one attached hydrogen (secondary N) is 1. The monoisotopic (exact) mass is 292 g/mol. The van der Waals surface area contributed by atoms with Crippen molar-refractivity contribution in [3.8, 4) is 5.75 Å².